The molecule has 0 saturated heterocycles. The molecule has 0 radical (unpaired) electrons. The van der Waals surface area contributed by atoms with Crippen LogP contribution in [-0.2, 0) is 0 Å². The fraction of sp³-hybridized carbons (Fsp3) is 0.917. The Balaban J connectivity index is 1.66. The van der Waals surface area contributed by atoms with Gasteiger partial charge in [0.05, 0.1) is 6.10 Å². The van der Waals surface area contributed by atoms with Gasteiger partial charge in [0.25, 0.3) is 0 Å². The lowest BCUT2D eigenvalue weighted by Crippen LogP contribution is -2.36. The molecule has 25 heavy (non-hydrogen) atoms. The second-order valence-electron chi connectivity index (χ2n) is 10.3. The highest BCUT2D eigenvalue weighted by atomic mass is 16.3. The van der Waals surface area contributed by atoms with Crippen LogP contribution in [0.4, 0.5) is 0 Å². The number of hydrogen-bond donors (Lipinski definition) is 1. The van der Waals surface area contributed by atoms with Crippen LogP contribution >= 0.6 is 0 Å². The lowest BCUT2D eigenvalue weighted by molar-refractivity contribution is 0.0548. The fourth-order valence-corrected chi connectivity index (χ4v) is 7.04. The summed E-state index contributed by atoms with van der Waals surface area (Å²) in [6.07, 6.45) is 14.2. The highest BCUT2D eigenvalue weighted by Crippen LogP contribution is 2.61. The largest absolute Gasteiger partial charge is 0.393 e. The molecule has 0 spiro atoms. The summed E-state index contributed by atoms with van der Waals surface area (Å²) in [5, 5.41) is 10.1. The van der Waals surface area contributed by atoms with Crippen LogP contribution in [0.3, 0.4) is 0 Å². The zero-order valence-corrected chi connectivity index (χ0v) is 17.4. The number of rotatable bonds is 7. The number of hydrogen-bond acceptors (Lipinski definition) is 1. The van der Waals surface area contributed by atoms with Crippen LogP contribution in [0.25, 0.3) is 0 Å². The highest BCUT2D eigenvalue weighted by Gasteiger charge is 2.53. The molecule has 3 rings (SSSR count). The Morgan fingerprint density at radius 2 is 1.96 bits per heavy atom. The van der Waals surface area contributed by atoms with Crippen LogP contribution in [-0.4, -0.2) is 11.2 Å². The van der Waals surface area contributed by atoms with E-state index in [0.29, 0.717) is 11.3 Å². The van der Waals surface area contributed by atoms with Crippen LogP contribution in [0.1, 0.15) is 92.4 Å². The summed E-state index contributed by atoms with van der Waals surface area (Å²) in [4.78, 5) is 0. The normalized spacial score (nSPS) is 42.0. The maximum Gasteiger partial charge on any atom is 0.0583 e. The first-order valence-corrected chi connectivity index (χ1v) is 11.2. The summed E-state index contributed by atoms with van der Waals surface area (Å²) < 4.78 is 0. The molecule has 144 valence electrons. The van der Waals surface area contributed by atoms with Gasteiger partial charge in [-0.3, -0.25) is 0 Å². The maximum absolute atomic E-state index is 10.1. The van der Waals surface area contributed by atoms with Crippen LogP contribution in [0.5, 0.6) is 0 Å². The molecule has 0 bridgehead atoms. The molecule has 7 atom stereocenters. The van der Waals surface area contributed by atoms with Crippen molar-refractivity contribution in [1.82, 2.24) is 0 Å². The molecule has 3 aliphatic carbocycles. The second-order valence-corrected chi connectivity index (χ2v) is 10.3. The SMILES string of the molecule is CC[C@]1(C)[C@@H]([C@H](C)CCCC(C)C)CC[C@H]1[C@@H]1CC=C2C[C@@H](O)CC21. The number of allylic oxidation sites excluding steroid dienone is 1. The Morgan fingerprint density at radius 1 is 1.20 bits per heavy atom. The Kier molecular flexibility index (Phi) is 6.03. The van der Waals surface area contributed by atoms with Crippen LogP contribution in [0.15, 0.2) is 11.6 Å². The van der Waals surface area contributed by atoms with E-state index in [2.05, 4.69) is 40.7 Å². The number of aliphatic hydroxyl groups is 1. The van der Waals surface area contributed by atoms with E-state index in [0.717, 1.165) is 42.4 Å². The molecular weight excluding hydrogens is 304 g/mol. The van der Waals surface area contributed by atoms with Crippen molar-refractivity contribution in [3.8, 4) is 0 Å². The monoisotopic (exact) mass is 346 g/mol. The molecule has 3 aliphatic rings. The lowest BCUT2D eigenvalue weighted by atomic mass is 9.62. The highest BCUT2D eigenvalue weighted by molar-refractivity contribution is 5.22. The third-order valence-corrected chi connectivity index (χ3v) is 8.53. The Bertz CT molecular complexity index is 478. The average molecular weight is 347 g/mol. The molecule has 0 aliphatic heterocycles. The van der Waals surface area contributed by atoms with Gasteiger partial charge in [0, 0.05) is 0 Å². The fourth-order valence-electron chi connectivity index (χ4n) is 7.04. The van der Waals surface area contributed by atoms with Crippen molar-refractivity contribution < 1.29 is 5.11 Å². The van der Waals surface area contributed by atoms with Gasteiger partial charge in [0.15, 0.2) is 0 Å². The lowest BCUT2D eigenvalue weighted by Gasteiger charge is -2.43. The van der Waals surface area contributed by atoms with Gasteiger partial charge in [-0.05, 0) is 73.0 Å². The molecule has 0 aromatic carbocycles. The van der Waals surface area contributed by atoms with Gasteiger partial charge in [-0.2, -0.15) is 0 Å². The molecule has 0 aromatic rings. The number of fused-ring (bicyclic) bond motifs is 1. The Morgan fingerprint density at radius 3 is 2.64 bits per heavy atom. The van der Waals surface area contributed by atoms with Crippen molar-refractivity contribution in [2.75, 3.05) is 0 Å². The van der Waals surface area contributed by atoms with Gasteiger partial charge in [0.1, 0.15) is 0 Å². The van der Waals surface area contributed by atoms with Gasteiger partial charge in [0.2, 0.25) is 0 Å². The predicted octanol–water partition coefficient (Wildman–Crippen LogP) is 6.61. The standard InChI is InChI=1S/C24H42O/c1-6-24(5)22(17(4)9-7-8-16(2)3)12-13-23(24)20-11-10-18-14-19(25)15-21(18)20/h10,16-17,19-23,25H,6-9,11-15H2,1-5H3/t17-,19-,20-,21?,22-,23+,24-/m1/s1. The quantitative estimate of drug-likeness (QED) is 0.514. The van der Waals surface area contributed by atoms with Crippen molar-refractivity contribution in [1.29, 1.82) is 0 Å². The van der Waals surface area contributed by atoms with Gasteiger partial charge >= 0.3 is 0 Å². The summed E-state index contributed by atoms with van der Waals surface area (Å²) in [5.41, 5.74) is 2.11. The van der Waals surface area contributed by atoms with Crippen molar-refractivity contribution in [2.24, 2.45) is 40.9 Å². The van der Waals surface area contributed by atoms with Crippen LogP contribution < -0.4 is 0 Å². The first-order valence-electron chi connectivity index (χ1n) is 11.2. The first-order chi connectivity index (χ1) is 11.9. The molecular formula is C24H42O. The molecule has 0 amide bonds. The Hall–Kier alpha value is -0.300. The summed E-state index contributed by atoms with van der Waals surface area (Å²) in [5.74, 6) is 5.03. The smallest absolute Gasteiger partial charge is 0.0583 e. The average Bonchev–Trinajstić information content (AvgIpc) is 3.19. The topological polar surface area (TPSA) is 20.2 Å². The van der Waals surface area contributed by atoms with Crippen molar-refractivity contribution in [3.05, 3.63) is 11.6 Å². The van der Waals surface area contributed by atoms with E-state index in [1.165, 1.54) is 44.9 Å². The third kappa shape index (κ3) is 3.73. The number of aliphatic hydroxyl groups excluding tert-OH is 1. The van der Waals surface area contributed by atoms with Gasteiger partial charge in [-0.1, -0.05) is 72.0 Å². The zero-order valence-electron chi connectivity index (χ0n) is 17.4. The first kappa shape index (κ1) is 19.5. The zero-order chi connectivity index (χ0) is 18.2. The van der Waals surface area contributed by atoms with Gasteiger partial charge in [-0.15, -0.1) is 0 Å². The van der Waals surface area contributed by atoms with E-state index in [9.17, 15) is 5.11 Å². The minimum Gasteiger partial charge on any atom is -0.393 e. The molecule has 1 N–H and O–H groups in total. The second kappa shape index (κ2) is 7.75. The molecule has 1 heteroatoms. The van der Waals surface area contributed by atoms with E-state index in [1.807, 2.05) is 0 Å². The summed E-state index contributed by atoms with van der Waals surface area (Å²) >= 11 is 0. The van der Waals surface area contributed by atoms with Crippen molar-refractivity contribution >= 4 is 0 Å². The molecule has 0 aromatic heterocycles. The minimum absolute atomic E-state index is 0.0564. The van der Waals surface area contributed by atoms with E-state index >= 15 is 0 Å². The van der Waals surface area contributed by atoms with Crippen molar-refractivity contribution in [2.45, 2.75) is 98.5 Å². The van der Waals surface area contributed by atoms with Gasteiger partial charge in [-0.25, -0.2) is 0 Å². The van der Waals surface area contributed by atoms with Crippen molar-refractivity contribution in [3.63, 3.8) is 0 Å². The molecule has 1 unspecified atom stereocenters. The van der Waals surface area contributed by atoms with E-state index in [4.69, 9.17) is 0 Å². The molecule has 2 fully saturated rings. The molecule has 2 saturated carbocycles. The summed E-state index contributed by atoms with van der Waals surface area (Å²) in [6, 6.07) is 0. The predicted molar refractivity (Wildman–Crippen MR) is 107 cm³/mol. The van der Waals surface area contributed by atoms with Crippen LogP contribution in [0, 0.1) is 40.9 Å². The minimum atomic E-state index is -0.0564. The van der Waals surface area contributed by atoms with Gasteiger partial charge < -0.3 is 5.11 Å². The summed E-state index contributed by atoms with van der Waals surface area (Å²) in [7, 11) is 0. The van der Waals surface area contributed by atoms with E-state index in [-0.39, 0.29) is 6.10 Å². The Labute approximate surface area is 156 Å². The molecule has 1 nitrogen and oxygen atoms in total. The van der Waals surface area contributed by atoms with Crippen LogP contribution in [0.2, 0.25) is 0 Å². The maximum atomic E-state index is 10.1. The third-order valence-electron chi connectivity index (χ3n) is 8.53. The summed E-state index contributed by atoms with van der Waals surface area (Å²) in [6.45, 7) is 12.3. The van der Waals surface area contributed by atoms with E-state index in [1.54, 1.807) is 5.57 Å². The molecule has 0 heterocycles. The van der Waals surface area contributed by atoms with E-state index < -0.39 is 0 Å².